The normalized spacial score (nSPS) is 13.8. The maximum atomic E-state index is 13.4. The lowest BCUT2D eigenvalue weighted by Crippen LogP contribution is -2.58. The van der Waals surface area contributed by atoms with Crippen LogP contribution in [0.2, 0.25) is 0 Å². The molecule has 0 fully saturated rings. The molecule has 4 unspecified atom stereocenters. The number of hydrogen-bond donors (Lipinski definition) is 9. The lowest BCUT2D eigenvalue weighted by atomic mass is 10.0. The largest absolute Gasteiger partial charge is 0.480 e. The van der Waals surface area contributed by atoms with Crippen molar-refractivity contribution in [2.75, 3.05) is 0 Å². The number of nitrogens with zero attached hydrogens (tertiary/aromatic N) is 1. The Morgan fingerprint density at radius 1 is 0.814 bits per heavy atom. The van der Waals surface area contributed by atoms with Crippen molar-refractivity contribution >= 4 is 46.4 Å². The molecule has 3 rings (SSSR count). The summed E-state index contributed by atoms with van der Waals surface area (Å²) < 4.78 is 0. The summed E-state index contributed by atoms with van der Waals surface area (Å²) in [6, 6.07) is 2.33. The number of fused-ring (bicyclic) bond motifs is 1. The fourth-order valence-electron chi connectivity index (χ4n) is 4.38. The van der Waals surface area contributed by atoms with Crippen LogP contribution in [0.15, 0.2) is 43.0 Å². The second-order valence-corrected chi connectivity index (χ2v) is 9.98. The molecule has 5 amide bonds. The standard InChI is InChI=1S/C27H35N9O7/c28-17(9-14-11-32-18-4-2-1-3-16(14)18)24(39)36-21(10-15-12-31-13-33-15)26(41)34-19(5-7-22(29)37)25(40)35-20(27(42)43)6-8-23(30)38/h1-4,11-13,17,19-21,32H,5-10,28H2,(H2,29,37)(H2,30,38)(H,31,33)(H,34,41)(H,35,40)(H,36,39)(H,42,43). The van der Waals surface area contributed by atoms with Gasteiger partial charge in [0.05, 0.1) is 12.4 Å². The first-order chi connectivity index (χ1) is 20.4. The first-order valence-electron chi connectivity index (χ1n) is 13.4. The SMILES string of the molecule is NC(=O)CCC(NC(=O)C(CCC(N)=O)NC(=O)C(Cc1cnc[nH]1)NC(=O)C(N)Cc1c[nH]c2ccccc12)C(=O)O. The van der Waals surface area contributed by atoms with Crippen LogP contribution in [0.3, 0.4) is 0 Å². The van der Waals surface area contributed by atoms with E-state index in [0.717, 1.165) is 16.5 Å². The number of amides is 5. The molecule has 2 aromatic heterocycles. The van der Waals surface area contributed by atoms with Crippen molar-refractivity contribution in [3.63, 3.8) is 0 Å². The van der Waals surface area contributed by atoms with Gasteiger partial charge < -0.3 is 48.2 Å². The van der Waals surface area contributed by atoms with Gasteiger partial charge in [-0.2, -0.15) is 0 Å². The number of aromatic amines is 2. The molecule has 0 aliphatic rings. The van der Waals surface area contributed by atoms with Gasteiger partial charge >= 0.3 is 5.97 Å². The Kier molecular flexibility index (Phi) is 11.3. The average molecular weight is 598 g/mol. The van der Waals surface area contributed by atoms with Crippen molar-refractivity contribution in [1.29, 1.82) is 0 Å². The van der Waals surface area contributed by atoms with Crippen molar-refractivity contribution in [3.05, 3.63) is 54.2 Å². The molecule has 0 spiro atoms. The molecular formula is C27H35N9O7. The zero-order valence-electron chi connectivity index (χ0n) is 23.2. The molecule has 16 heteroatoms. The Hall–Kier alpha value is -5.25. The van der Waals surface area contributed by atoms with Gasteiger partial charge in [0.15, 0.2) is 0 Å². The number of primary amides is 2. The van der Waals surface area contributed by atoms with Gasteiger partial charge in [0.25, 0.3) is 0 Å². The monoisotopic (exact) mass is 597 g/mol. The topological polar surface area (TPSA) is 281 Å². The third kappa shape index (κ3) is 9.67. The van der Waals surface area contributed by atoms with Crippen LogP contribution >= 0.6 is 0 Å². The van der Waals surface area contributed by atoms with Gasteiger partial charge in [-0.25, -0.2) is 9.78 Å². The number of nitrogens with two attached hydrogens (primary N) is 3. The van der Waals surface area contributed by atoms with Crippen molar-refractivity contribution in [1.82, 2.24) is 30.9 Å². The number of benzene rings is 1. The van der Waals surface area contributed by atoms with Crippen molar-refractivity contribution in [2.24, 2.45) is 17.2 Å². The number of hydrogen-bond acceptors (Lipinski definition) is 8. The van der Waals surface area contributed by atoms with Crippen LogP contribution in [0.25, 0.3) is 10.9 Å². The minimum atomic E-state index is -1.49. The van der Waals surface area contributed by atoms with E-state index >= 15 is 0 Å². The lowest BCUT2D eigenvalue weighted by Gasteiger charge is -2.25. The van der Waals surface area contributed by atoms with E-state index in [9.17, 15) is 33.9 Å². The van der Waals surface area contributed by atoms with Gasteiger partial charge in [0.2, 0.25) is 29.5 Å². The third-order valence-corrected chi connectivity index (χ3v) is 6.67. The van der Waals surface area contributed by atoms with Crippen LogP contribution in [0.4, 0.5) is 0 Å². The van der Waals surface area contributed by atoms with Crippen LogP contribution in [0.5, 0.6) is 0 Å². The molecule has 0 saturated heterocycles. The third-order valence-electron chi connectivity index (χ3n) is 6.67. The lowest BCUT2D eigenvalue weighted by molar-refractivity contribution is -0.142. The molecule has 3 aromatic rings. The molecule has 0 bridgehead atoms. The summed E-state index contributed by atoms with van der Waals surface area (Å²) in [5.74, 6) is -5.34. The minimum absolute atomic E-state index is 0.0576. The Labute approximate surface area is 245 Å². The predicted molar refractivity (Wildman–Crippen MR) is 153 cm³/mol. The van der Waals surface area contributed by atoms with E-state index in [1.807, 2.05) is 24.3 Å². The molecule has 0 saturated carbocycles. The number of carboxylic acids is 1. The summed E-state index contributed by atoms with van der Waals surface area (Å²) in [6.07, 6.45) is 3.51. The van der Waals surface area contributed by atoms with E-state index in [1.165, 1.54) is 12.5 Å². The molecule has 16 nitrogen and oxygen atoms in total. The number of para-hydroxylation sites is 1. The number of carboxylic acid groups (broad SMARTS) is 1. The Balaban J connectivity index is 1.75. The van der Waals surface area contributed by atoms with Crippen molar-refractivity contribution in [2.45, 2.75) is 62.7 Å². The first-order valence-corrected chi connectivity index (χ1v) is 13.4. The Morgan fingerprint density at radius 2 is 1.42 bits per heavy atom. The fourth-order valence-corrected chi connectivity index (χ4v) is 4.38. The number of rotatable bonds is 17. The van der Waals surface area contributed by atoms with Gasteiger partial charge in [-0.1, -0.05) is 18.2 Å². The van der Waals surface area contributed by atoms with Crippen LogP contribution in [0.1, 0.15) is 36.9 Å². The van der Waals surface area contributed by atoms with E-state index in [4.69, 9.17) is 17.2 Å². The first kappa shape index (κ1) is 32.3. The fraction of sp³-hybridized carbons (Fsp3) is 0.370. The van der Waals surface area contributed by atoms with Gasteiger partial charge in [-0.05, 0) is 30.9 Å². The maximum Gasteiger partial charge on any atom is 0.326 e. The van der Waals surface area contributed by atoms with E-state index in [0.29, 0.717) is 5.69 Å². The van der Waals surface area contributed by atoms with E-state index in [2.05, 4.69) is 30.9 Å². The van der Waals surface area contributed by atoms with Gasteiger partial charge in [0.1, 0.15) is 18.1 Å². The summed E-state index contributed by atoms with van der Waals surface area (Å²) in [5.41, 5.74) is 18.7. The molecule has 2 heterocycles. The highest BCUT2D eigenvalue weighted by Crippen LogP contribution is 2.19. The molecule has 0 radical (unpaired) electrons. The van der Waals surface area contributed by atoms with E-state index in [-0.39, 0.29) is 38.5 Å². The van der Waals surface area contributed by atoms with Crippen LogP contribution in [-0.4, -0.2) is 79.7 Å². The number of carbonyl (C=O) groups is 6. The highest BCUT2D eigenvalue weighted by Gasteiger charge is 2.31. The number of aromatic nitrogens is 3. The number of H-pyrrole nitrogens is 2. The van der Waals surface area contributed by atoms with E-state index in [1.54, 1.807) is 6.20 Å². The molecule has 43 heavy (non-hydrogen) atoms. The van der Waals surface area contributed by atoms with Gasteiger partial charge in [0, 0.05) is 48.3 Å². The summed E-state index contributed by atoms with van der Waals surface area (Å²) in [4.78, 5) is 83.6. The molecule has 12 N–H and O–H groups in total. The molecule has 230 valence electrons. The quantitative estimate of drug-likeness (QED) is 0.0836. The van der Waals surface area contributed by atoms with Crippen molar-refractivity contribution < 1.29 is 33.9 Å². The summed E-state index contributed by atoms with van der Waals surface area (Å²) in [6.45, 7) is 0. The molecule has 0 aliphatic heterocycles. The number of nitrogens with one attached hydrogen (secondary N) is 5. The number of carbonyl (C=O) groups excluding carboxylic acids is 5. The minimum Gasteiger partial charge on any atom is -0.480 e. The second kappa shape index (κ2) is 15.1. The molecule has 0 aliphatic carbocycles. The van der Waals surface area contributed by atoms with E-state index < -0.39 is 59.7 Å². The second-order valence-electron chi connectivity index (χ2n) is 9.98. The smallest absolute Gasteiger partial charge is 0.326 e. The van der Waals surface area contributed by atoms with Crippen LogP contribution in [-0.2, 0) is 41.6 Å². The average Bonchev–Trinajstić information content (AvgIpc) is 3.62. The highest BCUT2D eigenvalue weighted by molar-refractivity contribution is 5.95. The van der Waals surface area contributed by atoms with Crippen molar-refractivity contribution in [3.8, 4) is 0 Å². The Bertz CT molecular complexity index is 1450. The predicted octanol–water partition coefficient (Wildman–Crippen LogP) is -1.93. The molecule has 1 aromatic carbocycles. The van der Waals surface area contributed by atoms with Gasteiger partial charge in [-0.3, -0.25) is 24.0 Å². The van der Waals surface area contributed by atoms with Crippen LogP contribution < -0.4 is 33.2 Å². The molecule has 4 atom stereocenters. The zero-order chi connectivity index (χ0) is 31.5. The zero-order valence-corrected chi connectivity index (χ0v) is 23.2. The summed E-state index contributed by atoms with van der Waals surface area (Å²) in [7, 11) is 0. The number of aliphatic carboxylic acids is 1. The number of imidazole rings is 1. The van der Waals surface area contributed by atoms with Gasteiger partial charge in [-0.15, -0.1) is 0 Å². The highest BCUT2D eigenvalue weighted by atomic mass is 16.4. The Morgan fingerprint density at radius 3 is 2.05 bits per heavy atom. The molecular weight excluding hydrogens is 562 g/mol. The maximum absolute atomic E-state index is 13.4. The summed E-state index contributed by atoms with van der Waals surface area (Å²) >= 11 is 0. The van der Waals surface area contributed by atoms with Crippen LogP contribution in [0, 0.1) is 0 Å². The summed E-state index contributed by atoms with van der Waals surface area (Å²) in [5, 5.41) is 17.7.